The van der Waals surface area contributed by atoms with Crippen LogP contribution in [0.15, 0.2) is 60.4 Å². The molecule has 0 saturated heterocycles. The highest BCUT2D eigenvalue weighted by Crippen LogP contribution is 2.17. The summed E-state index contributed by atoms with van der Waals surface area (Å²) in [6, 6.07) is 13.4. The van der Waals surface area contributed by atoms with Crippen LogP contribution >= 0.6 is 11.6 Å². The van der Waals surface area contributed by atoms with E-state index < -0.39 is 17.5 Å². The van der Waals surface area contributed by atoms with Gasteiger partial charge in [0.05, 0.1) is 0 Å². The van der Waals surface area contributed by atoms with Gasteiger partial charge in [-0.05, 0) is 29.8 Å². The van der Waals surface area contributed by atoms with Crippen LogP contribution in [-0.4, -0.2) is 22.0 Å². The number of carbonyl (C=O) groups is 2. The first kappa shape index (κ1) is 16.6. The summed E-state index contributed by atoms with van der Waals surface area (Å²) in [4.78, 5) is 22.4. The number of benzene rings is 2. The highest BCUT2D eigenvalue weighted by atomic mass is 35.5. The number of ketones is 1. The van der Waals surface area contributed by atoms with Gasteiger partial charge >= 0.3 is 5.97 Å². The van der Waals surface area contributed by atoms with E-state index in [4.69, 9.17) is 26.6 Å². The second-order valence-corrected chi connectivity index (χ2v) is 5.08. The molecule has 6 heteroatoms. The number of rotatable bonds is 6. The Morgan fingerprint density at radius 1 is 1.09 bits per heavy atom. The predicted octanol–water partition coefficient (Wildman–Crippen LogP) is 3.63. The number of halogens is 1. The number of carbonyl (C=O) groups excluding carboxylic acids is 1. The largest absolute Gasteiger partial charge is 0.502 e. The highest BCUT2D eigenvalue weighted by Gasteiger charge is 2.10. The molecule has 0 saturated carbocycles. The van der Waals surface area contributed by atoms with E-state index in [0.717, 1.165) is 5.56 Å². The van der Waals surface area contributed by atoms with Gasteiger partial charge in [0.25, 0.3) is 0 Å². The van der Waals surface area contributed by atoms with E-state index in [9.17, 15) is 9.59 Å². The monoisotopic (exact) mass is 332 g/mol. The van der Waals surface area contributed by atoms with Gasteiger partial charge in [-0.1, -0.05) is 35.9 Å². The van der Waals surface area contributed by atoms with Crippen LogP contribution < -0.4 is 4.74 Å². The molecule has 0 spiro atoms. The normalized spacial score (nSPS) is 11.1. The third-order valence-corrected chi connectivity index (χ3v) is 3.18. The van der Waals surface area contributed by atoms with Gasteiger partial charge in [0.1, 0.15) is 12.4 Å². The maximum Gasteiger partial charge on any atom is 0.371 e. The third-order valence-electron chi connectivity index (χ3n) is 2.92. The van der Waals surface area contributed by atoms with E-state index in [2.05, 4.69) is 0 Å². The minimum Gasteiger partial charge on any atom is -0.502 e. The van der Waals surface area contributed by atoms with Gasteiger partial charge in [-0.25, -0.2) is 4.79 Å². The Bertz CT molecular complexity index is 750. The highest BCUT2D eigenvalue weighted by molar-refractivity contribution is 6.30. The minimum atomic E-state index is -1.56. The van der Waals surface area contributed by atoms with Crippen LogP contribution in [0.5, 0.6) is 5.75 Å². The van der Waals surface area contributed by atoms with E-state index in [1.807, 2.05) is 12.1 Å². The average Bonchev–Trinajstić information content (AvgIpc) is 2.54. The molecule has 0 bridgehead atoms. The Morgan fingerprint density at radius 2 is 1.78 bits per heavy atom. The lowest BCUT2D eigenvalue weighted by Crippen LogP contribution is -2.04. The van der Waals surface area contributed by atoms with Gasteiger partial charge in [0.15, 0.2) is 5.78 Å². The minimum absolute atomic E-state index is 0.214. The van der Waals surface area contributed by atoms with Crippen molar-refractivity contribution in [2.45, 2.75) is 6.61 Å². The SMILES string of the molecule is O=C(O)C(O)=CC(=O)c1cccc(OCc2ccc(Cl)cc2)c1. The van der Waals surface area contributed by atoms with Crippen molar-refractivity contribution in [3.05, 3.63) is 76.5 Å². The summed E-state index contributed by atoms with van der Waals surface area (Å²) in [5, 5.41) is 18.3. The number of ether oxygens (including phenoxy) is 1. The van der Waals surface area contributed by atoms with Crippen molar-refractivity contribution in [3.63, 3.8) is 0 Å². The maximum atomic E-state index is 11.9. The fourth-order valence-corrected chi connectivity index (χ4v) is 1.88. The van der Waals surface area contributed by atoms with Gasteiger partial charge in [-0.3, -0.25) is 4.79 Å². The molecule has 118 valence electrons. The lowest BCUT2D eigenvalue weighted by Gasteiger charge is -2.07. The van der Waals surface area contributed by atoms with Crippen LogP contribution in [0.25, 0.3) is 0 Å². The van der Waals surface area contributed by atoms with Crippen molar-refractivity contribution in [3.8, 4) is 5.75 Å². The summed E-state index contributed by atoms with van der Waals surface area (Å²) < 4.78 is 5.58. The van der Waals surface area contributed by atoms with Crippen molar-refractivity contribution in [1.82, 2.24) is 0 Å². The number of allylic oxidation sites excluding steroid dienone is 1. The summed E-state index contributed by atoms with van der Waals surface area (Å²) in [6.07, 6.45) is 0.653. The second kappa shape index (κ2) is 7.47. The van der Waals surface area contributed by atoms with Gasteiger partial charge in [0, 0.05) is 16.7 Å². The first-order valence-corrected chi connectivity index (χ1v) is 6.99. The van der Waals surface area contributed by atoms with E-state index in [-0.39, 0.29) is 5.56 Å². The Kier molecular flexibility index (Phi) is 5.38. The van der Waals surface area contributed by atoms with Gasteiger partial charge in [0.2, 0.25) is 5.76 Å². The molecule has 2 rings (SSSR count). The number of hydrogen-bond donors (Lipinski definition) is 2. The number of aliphatic carboxylic acids is 1. The Morgan fingerprint density at radius 3 is 2.43 bits per heavy atom. The molecule has 0 radical (unpaired) electrons. The van der Waals surface area contributed by atoms with Crippen molar-refractivity contribution >= 4 is 23.4 Å². The zero-order chi connectivity index (χ0) is 16.8. The zero-order valence-electron chi connectivity index (χ0n) is 11.9. The van der Waals surface area contributed by atoms with Crippen molar-refractivity contribution < 1.29 is 24.5 Å². The van der Waals surface area contributed by atoms with Crippen molar-refractivity contribution in [2.75, 3.05) is 0 Å². The summed E-state index contributed by atoms with van der Waals surface area (Å²) in [5.74, 6) is -2.74. The quantitative estimate of drug-likeness (QED) is 0.479. The molecule has 0 aliphatic rings. The Labute approximate surface area is 137 Å². The maximum absolute atomic E-state index is 11.9. The number of aliphatic hydroxyl groups excluding tert-OH is 1. The first-order chi connectivity index (χ1) is 11.0. The number of aliphatic hydroxyl groups is 1. The van der Waals surface area contributed by atoms with Crippen LogP contribution in [-0.2, 0) is 11.4 Å². The standard InChI is InChI=1S/C17H13ClO5/c18-13-6-4-11(5-7-13)10-23-14-3-1-2-12(8-14)15(19)9-16(20)17(21)22/h1-9,20H,10H2,(H,21,22). The van der Waals surface area contributed by atoms with Gasteiger partial charge in [-0.15, -0.1) is 0 Å². The van der Waals surface area contributed by atoms with Crippen LogP contribution in [0, 0.1) is 0 Å². The second-order valence-electron chi connectivity index (χ2n) is 4.64. The molecule has 0 aliphatic carbocycles. The fraction of sp³-hybridized carbons (Fsp3) is 0.0588. The zero-order valence-corrected chi connectivity index (χ0v) is 12.7. The van der Waals surface area contributed by atoms with Crippen LogP contribution in [0.2, 0.25) is 5.02 Å². The van der Waals surface area contributed by atoms with E-state index in [1.165, 1.54) is 12.1 Å². The van der Waals surface area contributed by atoms with Crippen molar-refractivity contribution in [2.24, 2.45) is 0 Å². The van der Waals surface area contributed by atoms with Gasteiger partial charge < -0.3 is 14.9 Å². The molecule has 0 amide bonds. The van der Waals surface area contributed by atoms with E-state index in [1.54, 1.807) is 24.3 Å². The molecule has 0 unspecified atom stereocenters. The van der Waals surface area contributed by atoms with Crippen LogP contribution in [0.1, 0.15) is 15.9 Å². The summed E-state index contributed by atoms with van der Waals surface area (Å²) in [6.45, 7) is 0.297. The number of hydrogen-bond acceptors (Lipinski definition) is 4. The molecule has 0 atom stereocenters. The molecule has 0 aliphatic heterocycles. The topological polar surface area (TPSA) is 83.8 Å². The number of carboxylic acid groups (broad SMARTS) is 1. The summed E-state index contributed by atoms with van der Waals surface area (Å²) in [7, 11) is 0. The Hall–Kier alpha value is -2.79. The summed E-state index contributed by atoms with van der Waals surface area (Å²) in [5.41, 5.74) is 1.13. The molecule has 2 aromatic carbocycles. The average molecular weight is 333 g/mol. The van der Waals surface area contributed by atoms with Crippen LogP contribution in [0.4, 0.5) is 0 Å². The van der Waals surface area contributed by atoms with Gasteiger partial charge in [-0.2, -0.15) is 0 Å². The molecular weight excluding hydrogens is 320 g/mol. The lowest BCUT2D eigenvalue weighted by molar-refractivity contribution is -0.135. The smallest absolute Gasteiger partial charge is 0.371 e. The van der Waals surface area contributed by atoms with Crippen molar-refractivity contribution in [1.29, 1.82) is 0 Å². The van der Waals surface area contributed by atoms with Crippen LogP contribution in [0.3, 0.4) is 0 Å². The first-order valence-electron chi connectivity index (χ1n) is 6.61. The third kappa shape index (κ3) is 4.86. The molecular formula is C17H13ClO5. The molecule has 5 nitrogen and oxygen atoms in total. The Balaban J connectivity index is 2.07. The molecule has 0 heterocycles. The molecule has 23 heavy (non-hydrogen) atoms. The summed E-state index contributed by atoms with van der Waals surface area (Å²) >= 11 is 5.80. The molecule has 2 aromatic rings. The number of carboxylic acids is 1. The lowest BCUT2D eigenvalue weighted by atomic mass is 10.1. The fourth-order valence-electron chi connectivity index (χ4n) is 1.76. The van der Waals surface area contributed by atoms with E-state index >= 15 is 0 Å². The molecule has 0 aromatic heterocycles. The molecule has 0 fully saturated rings. The molecule has 2 N–H and O–H groups in total. The van der Waals surface area contributed by atoms with E-state index in [0.29, 0.717) is 23.5 Å². The predicted molar refractivity (Wildman–Crippen MR) is 84.9 cm³/mol.